The van der Waals surface area contributed by atoms with Crippen LogP contribution in [0.15, 0.2) is 54.6 Å². The van der Waals surface area contributed by atoms with Crippen molar-refractivity contribution in [1.29, 1.82) is 0 Å². The molecule has 0 aliphatic heterocycles. The Bertz CT molecular complexity index is 662. The maximum Gasteiger partial charge on any atom is 0.328 e. The third kappa shape index (κ3) is 3.96. The van der Waals surface area contributed by atoms with E-state index < -0.39 is 12.3 Å². The van der Waals surface area contributed by atoms with Crippen LogP contribution in [0.25, 0.3) is 17.2 Å². The molecule has 1 N–H and O–H groups in total. The Hall–Kier alpha value is -2.59. The zero-order valence-electron chi connectivity index (χ0n) is 12.5. The van der Waals surface area contributed by atoms with Crippen LogP contribution in [0.4, 0.5) is 0 Å². The number of carbonyl (C=O) groups is 1. The molecule has 0 spiro atoms. The molecule has 0 saturated heterocycles. The molecule has 0 aliphatic carbocycles. The van der Waals surface area contributed by atoms with Crippen LogP contribution in [0.3, 0.4) is 0 Å². The van der Waals surface area contributed by atoms with E-state index in [-0.39, 0.29) is 0 Å². The number of methoxy groups -OCH3 is 1. The highest BCUT2D eigenvalue weighted by atomic mass is 16.7. The minimum absolute atomic E-state index is 0.402. The number of carboxylic acid groups (broad SMARTS) is 1. The third-order valence-electron chi connectivity index (χ3n) is 3.15. The van der Waals surface area contributed by atoms with Crippen LogP contribution in [0, 0.1) is 0 Å². The average Bonchev–Trinajstić information content (AvgIpc) is 2.53. The van der Waals surface area contributed by atoms with Crippen molar-refractivity contribution in [3.63, 3.8) is 0 Å². The molecule has 22 heavy (non-hydrogen) atoms. The number of rotatable bonds is 6. The van der Waals surface area contributed by atoms with E-state index in [1.807, 2.05) is 48.5 Å². The lowest BCUT2D eigenvalue weighted by Crippen LogP contribution is -2.14. The molecular weight excluding hydrogens is 280 g/mol. The predicted molar refractivity (Wildman–Crippen MR) is 85.6 cm³/mol. The summed E-state index contributed by atoms with van der Waals surface area (Å²) < 4.78 is 10.9. The quantitative estimate of drug-likeness (QED) is 0.650. The SMILES string of the molecule is COC(C)Oc1cccc(/C=C/C(=O)O)c1-c1ccccc1. The van der Waals surface area contributed by atoms with Gasteiger partial charge in [-0.1, -0.05) is 42.5 Å². The standard InChI is InChI=1S/C18H18O4/c1-13(21-2)22-16-10-6-9-15(11-12-17(19)20)18(16)14-7-4-3-5-8-14/h3-13H,1-2H3,(H,19,20)/b12-11+. The molecule has 4 nitrogen and oxygen atoms in total. The van der Waals surface area contributed by atoms with Crippen molar-refractivity contribution in [2.45, 2.75) is 13.2 Å². The second-order valence-corrected chi connectivity index (χ2v) is 4.68. The van der Waals surface area contributed by atoms with Crippen molar-refractivity contribution < 1.29 is 19.4 Å². The number of carboxylic acids is 1. The lowest BCUT2D eigenvalue weighted by Gasteiger charge is -2.18. The summed E-state index contributed by atoms with van der Waals surface area (Å²) in [4.78, 5) is 10.8. The van der Waals surface area contributed by atoms with E-state index in [4.69, 9.17) is 14.6 Å². The van der Waals surface area contributed by atoms with E-state index in [9.17, 15) is 4.79 Å². The lowest BCUT2D eigenvalue weighted by molar-refractivity contribution is -0.131. The molecule has 0 radical (unpaired) electrons. The van der Waals surface area contributed by atoms with Crippen LogP contribution in [-0.2, 0) is 9.53 Å². The first-order valence-corrected chi connectivity index (χ1v) is 6.90. The first-order chi connectivity index (χ1) is 10.6. The van der Waals surface area contributed by atoms with Gasteiger partial charge in [-0.2, -0.15) is 0 Å². The monoisotopic (exact) mass is 298 g/mol. The molecule has 1 unspecified atom stereocenters. The second kappa shape index (κ2) is 7.43. The van der Waals surface area contributed by atoms with E-state index in [0.29, 0.717) is 5.75 Å². The first-order valence-electron chi connectivity index (χ1n) is 6.90. The maximum atomic E-state index is 10.8. The molecule has 0 fully saturated rings. The summed E-state index contributed by atoms with van der Waals surface area (Å²) in [5, 5.41) is 8.85. The largest absolute Gasteiger partial charge is 0.478 e. The molecular formula is C18H18O4. The minimum atomic E-state index is -0.990. The molecule has 2 aromatic rings. The van der Waals surface area contributed by atoms with Crippen molar-refractivity contribution in [2.75, 3.05) is 7.11 Å². The van der Waals surface area contributed by atoms with Crippen LogP contribution in [0.2, 0.25) is 0 Å². The van der Waals surface area contributed by atoms with Crippen molar-refractivity contribution >= 4 is 12.0 Å². The molecule has 0 saturated carbocycles. The second-order valence-electron chi connectivity index (χ2n) is 4.68. The minimum Gasteiger partial charge on any atom is -0.478 e. The van der Waals surface area contributed by atoms with E-state index in [2.05, 4.69) is 0 Å². The van der Waals surface area contributed by atoms with Gasteiger partial charge in [0.1, 0.15) is 5.75 Å². The van der Waals surface area contributed by atoms with E-state index in [1.165, 1.54) is 0 Å². The van der Waals surface area contributed by atoms with Gasteiger partial charge in [-0.25, -0.2) is 4.79 Å². The van der Waals surface area contributed by atoms with Crippen molar-refractivity contribution in [2.24, 2.45) is 0 Å². The van der Waals surface area contributed by atoms with Gasteiger partial charge in [0.15, 0.2) is 6.29 Å². The van der Waals surface area contributed by atoms with E-state index in [0.717, 1.165) is 22.8 Å². The van der Waals surface area contributed by atoms with Gasteiger partial charge in [0.2, 0.25) is 0 Å². The number of aliphatic carboxylic acids is 1. The molecule has 4 heteroatoms. The Kier molecular flexibility index (Phi) is 5.33. The smallest absolute Gasteiger partial charge is 0.328 e. The van der Waals surface area contributed by atoms with Gasteiger partial charge in [-0.15, -0.1) is 0 Å². The molecule has 0 heterocycles. The molecule has 1 atom stereocenters. The highest BCUT2D eigenvalue weighted by Crippen LogP contribution is 2.34. The molecule has 2 rings (SSSR count). The van der Waals surface area contributed by atoms with Crippen LogP contribution in [0.5, 0.6) is 5.75 Å². The number of hydrogen-bond acceptors (Lipinski definition) is 3. The van der Waals surface area contributed by atoms with E-state index in [1.54, 1.807) is 20.1 Å². The van der Waals surface area contributed by atoms with Crippen molar-refractivity contribution in [3.05, 3.63) is 60.2 Å². The molecule has 114 valence electrons. The molecule has 0 bridgehead atoms. The van der Waals surface area contributed by atoms with Crippen LogP contribution >= 0.6 is 0 Å². The fourth-order valence-corrected chi connectivity index (χ4v) is 2.09. The van der Waals surface area contributed by atoms with Gasteiger partial charge in [0.25, 0.3) is 0 Å². The fraction of sp³-hybridized carbons (Fsp3) is 0.167. The Labute approximate surface area is 129 Å². The maximum absolute atomic E-state index is 10.8. The van der Waals surface area contributed by atoms with Crippen LogP contribution in [0.1, 0.15) is 12.5 Å². The van der Waals surface area contributed by atoms with Crippen LogP contribution < -0.4 is 4.74 Å². The molecule has 0 aliphatic rings. The fourth-order valence-electron chi connectivity index (χ4n) is 2.09. The highest BCUT2D eigenvalue weighted by molar-refractivity contribution is 5.89. The summed E-state index contributed by atoms with van der Waals surface area (Å²) in [6, 6.07) is 15.2. The Morgan fingerprint density at radius 3 is 2.50 bits per heavy atom. The molecule has 0 aromatic heterocycles. The van der Waals surface area contributed by atoms with Gasteiger partial charge in [-0.05, 0) is 30.2 Å². The van der Waals surface area contributed by atoms with Crippen molar-refractivity contribution in [1.82, 2.24) is 0 Å². The van der Waals surface area contributed by atoms with Gasteiger partial charge >= 0.3 is 5.97 Å². The van der Waals surface area contributed by atoms with Gasteiger partial charge < -0.3 is 14.6 Å². The van der Waals surface area contributed by atoms with Crippen molar-refractivity contribution in [3.8, 4) is 16.9 Å². The lowest BCUT2D eigenvalue weighted by atomic mass is 9.98. The van der Waals surface area contributed by atoms with Gasteiger partial charge in [-0.3, -0.25) is 0 Å². The summed E-state index contributed by atoms with van der Waals surface area (Å²) in [5.74, 6) is -0.344. The summed E-state index contributed by atoms with van der Waals surface area (Å²) >= 11 is 0. The molecule has 2 aromatic carbocycles. The average molecular weight is 298 g/mol. The molecule has 0 amide bonds. The number of ether oxygens (including phenoxy) is 2. The zero-order chi connectivity index (χ0) is 15.9. The number of hydrogen-bond donors (Lipinski definition) is 1. The third-order valence-corrected chi connectivity index (χ3v) is 3.15. The number of benzene rings is 2. The summed E-state index contributed by atoms with van der Waals surface area (Å²) in [5.41, 5.74) is 2.56. The first kappa shape index (κ1) is 15.8. The summed E-state index contributed by atoms with van der Waals surface area (Å²) in [6.45, 7) is 1.80. The topological polar surface area (TPSA) is 55.8 Å². The highest BCUT2D eigenvalue weighted by Gasteiger charge is 2.12. The zero-order valence-corrected chi connectivity index (χ0v) is 12.5. The Morgan fingerprint density at radius 1 is 1.14 bits per heavy atom. The van der Waals surface area contributed by atoms with Crippen LogP contribution in [-0.4, -0.2) is 24.5 Å². The van der Waals surface area contributed by atoms with E-state index >= 15 is 0 Å². The summed E-state index contributed by atoms with van der Waals surface area (Å²) in [6.07, 6.45) is 2.28. The normalized spacial score (nSPS) is 12.3. The Balaban J connectivity index is 2.54. The predicted octanol–water partition coefficient (Wildman–Crippen LogP) is 3.82. The van der Waals surface area contributed by atoms with Gasteiger partial charge in [0.05, 0.1) is 0 Å². The Morgan fingerprint density at radius 2 is 1.86 bits per heavy atom. The summed E-state index contributed by atoms with van der Waals surface area (Å²) in [7, 11) is 1.57. The van der Waals surface area contributed by atoms with Gasteiger partial charge in [0, 0.05) is 18.7 Å².